The monoisotopic (exact) mass is 233 g/mol. The summed E-state index contributed by atoms with van der Waals surface area (Å²) in [6.07, 6.45) is 4.65. The summed E-state index contributed by atoms with van der Waals surface area (Å²) < 4.78 is 1.64. The second-order valence-corrected chi connectivity index (χ2v) is 4.63. The third-order valence-corrected chi connectivity index (χ3v) is 3.14. The quantitative estimate of drug-likeness (QED) is 0.812. The van der Waals surface area contributed by atoms with Gasteiger partial charge < -0.3 is 5.32 Å². The van der Waals surface area contributed by atoms with Crippen LogP contribution < -0.4 is 5.32 Å². The molecular weight excluding hydrogens is 218 g/mol. The number of hydrogen-bond donors (Lipinski definition) is 1. The lowest BCUT2D eigenvalue weighted by Gasteiger charge is -2.39. The Morgan fingerprint density at radius 3 is 3.00 bits per heavy atom. The van der Waals surface area contributed by atoms with Crippen molar-refractivity contribution in [3.63, 3.8) is 0 Å². The molecule has 1 aliphatic carbocycles. The lowest BCUT2D eigenvalue weighted by atomic mass is 9.63. The van der Waals surface area contributed by atoms with E-state index in [2.05, 4.69) is 28.6 Å². The Balaban J connectivity index is 1.80. The molecule has 90 valence electrons. The number of carbonyl (C=O) groups excluding carboxylic acids is 1. The predicted octanol–water partition coefficient (Wildman–Crippen LogP) is 0.334. The van der Waals surface area contributed by atoms with Crippen molar-refractivity contribution in [1.82, 2.24) is 20.3 Å². The lowest BCUT2D eigenvalue weighted by molar-refractivity contribution is -0.133. The van der Waals surface area contributed by atoms with Gasteiger partial charge in [-0.1, -0.05) is 12.1 Å². The number of hydrogen-bond acceptors (Lipinski definition) is 4. The second-order valence-electron chi connectivity index (χ2n) is 4.63. The maximum atomic E-state index is 11.9. The van der Waals surface area contributed by atoms with E-state index in [-0.39, 0.29) is 5.91 Å². The average molecular weight is 233 g/mol. The minimum atomic E-state index is -0.790. The number of amides is 1. The van der Waals surface area contributed by atoms with E-state index >= 15 is 0 Å². The Morgan fingerprint density at radius 2 is 2.47 bits per heavy atom. The third-order valence-electron chi connectivity index (χ3n) is 3.14. The number of carbonyl (C=O) groups is 1. The number of nitrogens with one attached hydrogen (secondary N) is 1. The molecule has 0 unspecified atom stereocenters. The van der Waals surface area contributed by atoms with Crippen LogP contribution >= 0.6 is 0 Å². The van der Waals surface area contributed by atoms with E-state index in [4.69, 9.17) is 5.26 Å². The topological polar surface area (TPSA) is 83.6 Å². The van der Waals surface area contributed by atoms with Crippen LogP contribution in [0.1, 0.15) is 19.8 Å². The molecule has 2 rings (SSSR count). The molecule has 1 aromatic heterocycles. The fourth-order valence-corrected chi connectivity index (χ4v) is 2.26. The van der Waals surface area contributed by atoms with Gasteiger partial charge in [0.1, 0.15) is 5.41 Å². The summed E-state index contributed by atoms with van der Waals surface area (Å²) >= 11 is 0. The first-order valence-corrected chi connectivity index (χ1v) is 5.70. The van der Waals surface area contributed by atoms with Gasteiger partial charge in [-0.2, -0.15) is 5.26 Å². The van der Waals surface area contributed by atoms with E-state index < -0.39 is 5.41 Å². The summed E-state index contributed by atoms with van der Waals surface area (Å²) in [4.78, 5) is 11.9. The molecule has 17 heavy (non-hydrogen) atoms. The first-order chi connectivity index (χ1) is 8.16. The average Bonchev–Trinajstić information content (AvgIpc) is 2.77. The van der Waals surface area contributed by atoms with Gasteiger partial charge in [0.15, 0.2) is 0 Å². The lowest BCUT2D eigenvalue weighted by Crippen LogP contribution is -2.48. The van der Waals surface area contributed by atoms with Crippen molar-refractivity contribution < 1.29 is 4.79 Å². The highest BCUT2D eigenvalue weighted by atomic mass is 16.2. The fourth-order valence-electron chi connectivity index (χ4n) is 2.26. The SMILES string of the molecule is CC1CC(C#N)(C(=O)NCCn2ccnn2)C1. The van der Waals surface area contributed by atoms with Crippen LogP contribution in [-0.4, -0.2) is 27.4 Å². The smallest absolute Gasteiger partial charge is 0.240 e. The van der Waals surface area contributed by atoms with Gasteiger partial charge in [0, 0.05) is 12.7 Å². The molecule has 6 heteroatoms. The van der Waals surface area contributed by atoms with Gasteiger partial charge in [-0.15, -0.1) is 5.10 Å². The van der Waals surface area contributed by atoms with E-state index in [0.717, 1.165) is 0 Å². The molecule has 1 fully saturated rings. The van der Waals surface area contributed by atoms with E-state index in [1.807, 2.05) is 0 Å². The molecule has 0 radical (unpaired) electrons. The van der Waals surface area contributed by atoms with Gasteiger partial charge in [0.05, 0.1) is 18.8 Å². The van der Waals surface area contributed by atoms with Gasteiger partial charge in [0.25, 0.3) is 0 Å². The van der Waals surface area contributed by atoms with Gasteiger partial charge in [-0.05, 0) is 18.8 Å². The predicted molar refractivity (Wildman–Crippen MR) is 59.5 cm³/mol. The second kappa shape index (κ2) is 4.53. The molecular formula is C11H15N5O. The van der Waals surface area contributed by atoms with Crippen LogP contribution in [0.3, 0.4) is 0 Å². The molecule has 6 nitrogen and oxygen atoms in total. The van der Waals surface area contributed by atoms with Gasteiger partial charge in [0.2, 0.25) is 5.91 Å². The van der Waals surface area contributed by atoms with Crippen LogP contribution in [-0.2, 0) is 11.3 Å². The van der Waals surface area contributed by atoms with Crippen molar-refractivity contribution in [3.8, 4) is 6.07 Å². The maximum absolute atomic E-state index is 11.9. The van der Waals surface area contributed by atoms with Gasteiger partial charge in [-0.25, -0.2) is 0 Å². The van der Waals surface area contributed by atoms with Crippen LogP contribution in [0.4, 0.5) is 0 Å². The molecule has 0 aromatic carbocycles. The summed E-state index contributed by atoms with van der Waals surface area (Å²) in [7, 11) is 0. The Bertz CT molecular complexity index is 427. The van der Waals surface area contributed by atoms with Crippen molar-refractivity contribution in [2.75, 3.05) is 6.54 Å². The summed E-state index contributed by atoms with van der Waals surface area (Å²) in [5.41, 5.74) is -0.790. The summed E-state index contributed by atoms with van der Waals surface area (Å²) in [6.45, 7) is 3.10. The van der Waals surface area contributed by atoms with Crippen molar-refractivity contribution in [2.45, 2.75) is 26.3 Å². The molecule has 1 heterocycles. The largest absolute Gasteiger partial charge is 0.353 e. The molecule has 1 saturated carbocycles. The highest BCUT2D eigenvalue weighted by molar-refractivity contribution is 5.86. The molecule has 0 saturated heterocycles. The molecule has 1 aromatic rings. The van der Waals surface area contributed by atoms with Crippen molar-refractivity contribution in [3.05, 3.63) is 12.4 Å². The normalized spacial score (nSPS) is 26.9. The Hall–Kier alpha value is -1.90. The molecule has 1 amide bonds. The third kappa shape index (κ3) is 2.28. The first kappa shape index (κ1) is 11.6. The van der Waals surface area contributed by atoms with E-state index in [9.17, 15) is 4.79 Å². The minimum Gasteiger partial charge on any atom is -0.353 e. The molecule has 1 aliphatic rings. The standard InChI is InChI=1S/C11H15N5O/c1-9-6-11(7-9,8-12)10(17)13-2-4-16-5-3-14-15-16/h3,5,9H,2,4,6-7H2,1H3,(H,13,17). The Morgan fingerprint density at radius 1 is 1.71 bits per heavy atom. The Kier molecular flexibility index (Phi) is 3.09. The van der Waals surface area contributed by atoms with Crippen LogP contribution in [0.5, 0.6) is 0 Å². The zero-order valence-electron chi connectivity index (χ0n) is 9.76. The van der Waals surface area contributed by atoms with Crippen LogP contribution in [0.15, 0.2) is 12.4 Å². The van der Waals surface area contributed by atoms with Crippen LogP contribution in [0, 0.1) is 22.7 Å². The summed E-state index contributed by atoms with van der Waals surface area (Å²) in [5.74, 6) is 0.314. The molecule has 0 atom stereocenters. The Labute approximate surface area is 99.6 Å². The zero-order valence-corrected chi connectivity index (χ0v) is 9.76. The molecule has 1 N–H and O–H groups in total. The van der Waals surface area contributed by atoms with Crippen molar-refractivity contribution >= 4 is 5.91 Å². The number of nitrogens with zero attached hydrogens (tertiary/aromatic N) is 4. The van der Waals surface area contributed by atoms with E-state index in [1.165, 1.54) is 0 Å². The van der Waals surface area contributed by atoms with E-state index in [1.54, 1.807) is 17.1 Å². The maximum Gasteiger partial charge on any atom is 0.240 e. The van der Waals surface area contributed by atoms with Gasteiger partial charge in [-0.3, -0.25) is 9.48 Å². The molecule has 0 spiro atoms. The number of aromatic nitrogens is 3. The van der Waals surface area contributed by atoms with Crippen molar-refractivity contribution in [1.29, 1.82) is 5.26 Å². The fraction of sp³-hybridized carbons (Fsp3) is 0.636. The zero-order chi connectivity index (χ0) is 12.3. The highest BCUT2D eigenvalue weighted by Crippen LogP contribution is 2.44. The summed E-state index contributed by atoms with van der Waals surface area (Å²) in [5, 5.41) is 19.3. The van der Waals surface area contributed by atoms with Crippen molar-refractivity contribution in [2.24, 2.45) is 11.3 Å². The number of rotatable bonds is 4. The number of nitriles is 1. The first-order valence-electron chi connectivity index (χ1n) is 5.70. The van der Waals surface area contributed by atoms with Crippen LogP contribution in [0.25, 0.3) is 0 Å². The summed E-state index contributed by atoms with van der Waals surface area (Å²) in [6, 6.07) is 2.14. The van der Waals surface area contributed by atoms with E-state index in [0.29, 0.717) is 31.8 Å². The van der Waals surface area contributed by atoms with Crippen LogP contribution in [0.2, 0.25) is 0 Å². The molecule has 0 bridgehead atoms. The molecule has 0 aliphatic heterocycles. The minimum absolute atomic E-state index is 0.154. The van der Waals surface area contributed by atoms with Gasteiger partial charge >= 0.3 is 0 Å². The highest BCUT2D eigenvalue weighted by Gasteiger charge is 2.48.